The maximum absolute atomic E-state index is 12.9. The molecule has 2 bridgehead atoms. The van der Waals surface area contributed by atoms with Crippen molar-refractivity contribution in [1.29, 1.82) is 0 Å². The van der Waals surface area contributed by atoms with E-state index in [0.717, 1.165) is 44.8 Å². The number of benzene rings is 2. The van der Waals surface area contributed by atoms with E-state index in [-0.39, 0.29) is 23.7 Å². The number of carbonyl (C=O) groups is 1. The first-order valence-electron chi connectivity index (χ1n) is 12.4. The van der Waals surface area contributed by atoms with Crippen LogP contribution in [0.1, 0.15) is 68.2 Å². The highest BCUT2D eigenvalue weighted by atomic mass is 16.6. The van der Waals surface area contributed by atoms with Crippen molar-refractivity contribution in [3.63, 3.8) is 0 Å². The molecular formula is C28H34N2O2. The minimum atomic E-state index is -0.255. The molecule has 0 aromatic heterocycles. The summed E-state index contributed by atoms with van der Waals surface area (Å²) in [7, 11) is 0. The number of amides is 1. The zero-order chi connectivity index (χ0) is 21.9. The number of hydrogen-bond donors (Lipinski definition) is 1. The highest BCUT2D eigenvalue weighted by molar-refractivity contribution is 5.70. The second-order valence-electron chi connectivity index (χ2n) is 11.1. The molecule has 1 N–H and O–H groups in total. The van der Waals surface area contributed by atoms with Crippen LogP contribution in [0.4, 0.5) is 4.79 Å². The third-order valence-corrected chi connectivity index (χ3v) is 8.29. The molecule has 3 heterocycles. The van der Waals surface area contributed by atoms with Gasteiger partial charge in [0.2, 0.25) is 0 Å². The van der Waals surface area contributed by atoms with Crippen molar-refractivity contribution in [1.82, 2.24) is 10.2 Å². The zero-order valence-corrected chi connectivity index (χ0v) is 19.3. The van der Waals surface area contributed by atoms with Gasteiger partial charge in [-0.2, -0.15) is 0 Å². The van der Waals surface area contributed by atoms with Crippen LogP contribution in [0, 0.1) is 11.3 Å². The number of ether oxygens (including phenoxy) is 1. The fourth-order valence-electron chi connectivity index (χ4n) is 6.21. The highest BCUT2D eigenvalue weighted by Gasteiger charge is 2.42. The number of alkyl carbamates (subject to hydrolysis) is 1. The fourth-order valence-corrected chi connectivity index (χ4v) is 6.21. The molecule has 0 spiro atoms. The second kappa shape index (κ2) is 7.62. The molecule has 2 aliphatic carbocycles. The van der Waals surface area contributed by atoms with Crippen molar-refractivity contribution in [3.8, 4) is 11.1 Å². The van der Waals surface area contributed by atoms with Crippen LogP contribution in [0.15, 0.2) is 42.5 Å². The van der Waals surface area contributed by atoms with E-state index >= 15 is 0 Å². The van der Waals surface area contributed by atoms with Gasteiger partial charge in [-0.1, -0.05) is 56.3 Å². The van der Waals surface area contributed by atoms with Gasteiger partial charge in [0, 0.05) is 6.54 Å². The summed E-state index contributed by atoms with van der Waals surface area (Å²) in [4.78, 5) is 15.3. The Bertz CT molecular complexity index is 1020. The Morgan fingerprint density at radius 3 is 2.38 bits per heavy atom. The van der Waals surface area contributed by atoms with Gasteiger partial charge in [-0.15, -0.1) is 0 Å². The van der Waals surface area contributed by atoms with E-state index in [4.69, 9.17) is 4.74 Å². The van der Waals surface area contributed by atoms with Gasteiger partial charge in [0.05, 0.1) is 6.04 Å². The van der Waals surface area contributed by atoms with Crippen LogP contribution in [0.5, 0.6) is 0 Å². The van der Waals surface area contributed by atoms with Crippen LogP contribution < -0.4 is 5.32 Å². The van der Waals surface area contributed by atoms with E-state index in [1.165, 1.54) is 40.7 Å². The summed E-state index contributed by atoms with van der Waals surface area (Å²) in [6.45, 7) is 7.69. The Hall–Kier alpha value is -2.33. The standard InChI is InChI=1S/C28H34N2O2/c1-28(2)16-23-15-22(20-7-5-19(6-8-20)18-3-4-18)9-10-24(23)26(28)29-27(31)32-25-17-30-13-11-21(25)12-14-30/h5-10,15,18,21,25-26H,3-4,11-14,16-17H2,1-2H3,(H,29,31)/t25-,26?/m1/s1. The smallest absolute Gasteiger partial charge is 0.407 e. The molecule has 1 unspecified atom stereocenters. The number of rotatable bonds is 4. The van der Waals surface area contributed by atoms with E-state index in [1.54, 1.807) is 0 Å². The normalized spacial score (nSPS) is 30.1. The van der Waals surface area contributed by atoms with E-state index in [1.807, 2.05) is 0 Å². The Balaban J connectivity index is 1.18. The van der Waals surface area contributed by atoms with Gasteiger partial charge in [0.1, 0.15) is 6.10 Å². The predicted octanol–water partition coefficient (Wildman–Crippen LogP) is 5.67. The number of fused-ring (bicyclic) bond motifs is 4. The molecule has 1 saturated carbocycles. The highest BCUT2D eigenvalue weighted by Crippen LogP contribution is 2.46. The Morgan fingerprint density at radius 2 is 1.72 bits per heavy atom. The lowest BCUT2D eigenvalue weighted by Crippen LogP contribution is -2.53. The molecule has 3 aliphatic heterocycles. The first-order valence-corrected chi connectivity index (χ1v) is 12.4. The molecule has 4 heteroatoms. The quantitative estimate of drug-likeness (QED) is 0.679. The molecule has 4 nitrogen and oxygen atoms in total. The maximum Gasteiger partial charge on any atom is 0.407 e. The van der Waals surface area contributed by atoms with Crippen LogP contribution in [0.3, 0.4) is 0 Å². The summed E-state index contributed by atoms with van der Waals surface area (Å²) < 4.78 is 5.93. The summed E-state index contributed by atoms with van der Waals surface area (Å²) >= 11 is 0. The number of hydrogen-bond acceptors (Lipinski definition) is 3. The average molecular weight is 431 g/mol. The first-order chi connectivity index (χ1) is 15.5. The Morgan fingerprint density at radius 1 is 1.00 bits per heavy atom. The summed E-state index contributed by atoms with van der Waals surface area (Å²) in [6.07, 6.45) is 5.73. The zero-order valence-electron chi connectivity index (χ0n) is 19.3. The van der Waals surface area contributed by atoms with Crippen molar-refractivity contribution in [2.75, 3.05) is 19.6 Å². The van der Waals surface area contributed by atoms with Crippen molar-refractivity contribution in [2.45, 2.75) is 64.0 Å². The van der Waals surface area contributed by atoms with Crippen LogP contribution in [0.25, 0.3) is 11.1 Å². The Kier molecular flexibility index (Phi) is 4.83. The van der Waals surface area contributed by atoms with E-state index < -0.39 is 0 Å². The molecule has 4 fully saturated rings. The minimum absolute atomic E-state index is 0.0163. The summed E-state index contributed by atoms with van der Waals surface area (Å²) in [6, 6.07) is 15.8. The third kappa shape index (κ3) is 3.73. The summed E-state index contributed by atoms with van der Waals surface area (Å²) in [5.41, 5.74) is 6.55. The van der Waals surface area contributed by atoms with E-state index in [9.17, 15) is 4.79 Å². The van der Waals surface area contributed by atoms with E-state index in [2.05, 4.69) is 66.5 Å². The van der Waals surface area contributed by atoms with Crippen molar-refractivity contribution in [2.24, 2.45) is 11.3 Å². The summed E-state index contributed by atoms with van der Waals surface area (Å²) in [5, 5.41) is 3.24. The van der Waals surface area contributed by atoms with Gasteiger partial charge in [-0.25, -0.2) is 4.79 Å². The van der Waals surface area contributed by atoms with Crippen molar-refractivity contribution < 1.29 is 9.53 Å². The molecule has 168 valence electrons. The predicted molar refractivity (Wildman–Crippen MR) is 127 cm³/mol. The molecule has 2 aromatic carbocycles. The largest absolute Gasteiger partial charge is 0.445 e. The third-order valence-electron chi connectivity index (χ3n) is 8.29. The fraction of sp³-hybridized carbons (Fsp3) is 0.536. The molecule has 5 aliphatic rings. The molecule has 7 rings (SSSR count). The number of nitrogens with zero attached hydrogens (tertiary/aromatic N) is 1. The number of piperidine rings is 3. The minimum Gasteiger partial charge on any atom is -0.445 e. The van der Waals surface area contributed by atoms with Crippen LogP contribution >= 0.6 is 0 Å². The number of carbonyl (C=O) groups excluding carboxylic acids is 1. The van der Waals surface area contributed by atoms with Crippen LogP contribution in [-0.2, 0) is 11.2 Å². The van der Waals surface area contributed by atoms with Gasteiger partial charge in [-0.05, 0) is 90.3 Å². The SMILES string of the molecule is CC1(C)Cc2cc(-c3ccc(C4CC4)cc3)ccc2C1NC(=O)O[C@@H]1CN2CCC1CC2. The van der Waals surface area contributed by atoms with E-state index in [0.29, 0.717) is 5.92 Å². The number of nitrogens with one attached hydrogen (secondary N) is 1. The lowest BCUT2D eigenvalue weighted by molar-refractivity contribution is -0.0348. The molecule has 1 amide bonds. The lowest BCUT2D eigenvalue weighted by Gasteiger charge is -2.44. The van der Waals surface area contributed by atoms with Gasteiger partial charge >= 0.3 is 6.09 Å². The molecule has 2 atom stereocenters. The second-order valence-corrected chi connectivity index (χ2v) is 11.1. The molecule has 2 aromatic rings. The van der Waals surface area contributed by atoms with Gasteiger partial charge in [-0.3, -0.25) is 4.90 Å². The molecule has 3 saturated heterocycles. The molecular weight excluding hydrogens is 396 g/mol. The first kappa shape index (κ1) is 20.3. The van der Waals surface area contributed by atoms with Gasteiger partial charge in [0.25, 0.3) is 0 Å². The van der Waals surface area contributed by atoms with Crippen LogP contribution in [0.2, 0.25) is 0 Å². The van der Waals surface area contributed by atoms with Crippen molar-refractivity contribution >= 4 is 6.09 Å². The van der Waals surface area contributed by atoms with Crippen molar-refractivity contribution in [3.05, 3.63) is 59.2 Å². The summed E-state index contributed by atoms with van der Waals surface area (Å²) in [5.74, 6) is 1.32. The lowest BCUT2D eigenvalue weighted by atomic mass is 9.85. The Labute approximate surface area is 191 Å². The van der Waals surface area contributed by atoms with Gasteiger partial charge < -0.3 is 10.1 Å². The maximum atomic E-state index is 12.9. The monoisotopic (exact) mass is 430 g/mol. The average Bonchev–Trinajstić information content (AvgIpc) is 3.60. The molecule has 32 heavy (non-hydrogen) atoms. The topological polar surface area (TPSA) is 41.6 Å². The van der Waals surface area contributed by atoms with Gasteiger partial charge in [0.15, 0.2) is 0 Å². The molecule has 0 radical (unpaired) electrons. The van der Waals surface area contributed by atoms with Crippen LogP contribution in [-0.4, -0.2) is 36.7 Å².